The maximum absolute atomic E-state index is 13.3. The van der Waals surface area contributed by atoms with E-state index in [4.69, 9.17) is 0 Å². The fraction of sp³-hybridized carbons (Fsp3) is 0.0833. The van der Waals surface area contributed by atoms with Gasteiger partial charge in [-0.1, -0.05) is 0 Å². The molecule has 0 spiro atoms. The van der Waals surface area contributed by atoms with Gasteiger partial charge in [0.1, 0.15) is 11.6 Å². The highest BCUT2D eigenvalue weighted by Gasteiger charge is 2.07. The molecule has 0 saturated carbocycles. The van der Waals surface area contributed by atoms with Crippen LogP contribution in [-0.2, 0) is 0 Å². The number of pyridine rings is 1. The van der Waals surface area contributed by atoms with Crippen LogP contribution in [0.15, 0.2) is 36.7 Å². The zero-order chi connectivity index (χ0) is 10.8. The average Bonchev–Trinajstić information content (AvgIpc) is 2.26. The highest BCUT2D eigenvalue weighted by atomic mass is 19.1. The number of benzene rings is 1. The van der Waals surface area contributed by atoms with Crippen LogP contribution < -0.4 is 0 Å². The monoisotopic (exact) mass is 205 g/mol. The van der Waals surface area contributed by atoms with Gasteiger partial charge >= 0.3 is 0 Å². The highest BCUT2D eigenvalue weighted by Crippen LogP contribution is 2.23. The molecule has 15 heavy (non-hydrogen) atoms. The third kappa shape index (κ3) is 1.86. The first kappa shape index (κ1) is 9.77. The molecule has 1 heterocycles. The molecule has 2 rings (SSSR count). The predicted octanol–water partition coefficient (Wildman–Crippen LogP) is 3.34. The molecular weight excluding hydrogens is 196 g/mol. The number of halogens is 2. The van der Waals surface area contributed by atoms with Gasteiger partial charge in [-0.05, 0) is 42.3 Å². The second-order valence-electron chi connectivity index (χ2n) is 3.30. The van der Waals surface area contributed by atoms with E-state index in [0.717, 1.165) is 5.56 Å². The lowest BCUT2D eigenvalue weighted by Crippen LogP contribution is -1.90. The first-order valence-electron chi connectivity index (χ1n) is 4.54. The van der Waals surface area contributed by atoms with Crippen molar-refractivity contribution < 1.29 is 8.78 Å². The zero-order valence-corrected chi connectivity index (χ0v) is 8.17. The summed E-state index contributed by atoms with van der Waals surface area (Å²) in [6.45, 7) is 1.42. The minimum absolute atomic E-state index is 0.0489. The Morgan fingerprint density at radius 1 is 0.933 bits per heavy atom. The summed E-state index contributed by atoms with van der Waals surface area (Å²) in [7, 11) is 0. The van der Waals surface area contributed by atoms with E-state index in [1.807, 2.05) is 0 Å². The van der Waals surface area contributed by atoms with E-state index in [0.29, 0.717) is 5.56 Å². The van der Waals surface area contributed by atoms with Gasteiger partial charge in [-0.15, -0.1) is 0 Å². The Morgan fingerprint density at radius 3 is 2.00 bits per heavy atom. The molecule has 0 bridgehead atoms. The fourth-order valence-corrected chi connectivity index (χ4v) is 1.36. The quantitative estimate of drug-likeness (QED) is 0.695. The molecule has 3 heteroatoms. The van der Waals surface area contributed by atoms with Gasteiger partial charge in [-0.3, -0.25) is 4.98 Å². The maximum Gasteiger partial charge on any atom is 0.129 e. The molecule has 0 aliphatic rings. The van der Waals surface area contributed by atoms with E-state index in [1.165, 1.54) is 19.1 Å². The molecule has 2 aromatic rings. The molecule has 0 aliphatic carbocycles. The van der Waals surface area contributed by atoms with Crippen LogP contribution in [0.3, 0.4) is 0 Å². The molecular formula is C12H9F2N. The Bertz CT molecular complexity index is 457. The van der Waals surface area contributed by atoms with Gasteiger partial charge in [-0.25, -0.2) is 8.78 Å². The molecule has 0 unspecified atom stereocenters. The molecule has 1 aromatic carbocycles. The van der Waals surface area contributed by atoms with Crippen molar-refractivity contribution in [1.29, 1.82) is 0 Å². The molecule has 0 saturated heterocycles. The van der Waals surface area contributed by atoms with Crippen molar-refractivity contribution in [2.45, 2.75) is 6.92 Å². The third-order valence-corrected chi connectivity index (χ3v) is 2.29. The summed E-state index contributed by atoms with van der Waals surface area (Å²) in [6, 6.07) is 6.08. The van der Waals surface area contributed by atoms with Gasteiger partial charge in [0.05, 0.1) is 0 Å². The Labute approximate surface area is 86.4 Å². The second-order valence-corrected chi connectivity index (χ2v) is 3.30. The standard InChI is InChI=1S/C12H9F2N/c1-8-11(13)6-10(7-12(8)14)9-2-4-15-5-3-9/h2-7H,1H3. The van der Waals surface area contributed by atoms with Crippen molar-refractivity contribution in [2.75, 3.05) is 0 Å². The van der Waals surface area contributed by atoms with Gasteiger partial charge < -0.3 is 0 Å². The van der Waals surface area contributed by atoms with Gasteiger partial charge in [-0.2, -0.15) is 0 Å². The summed E-state index contributed by atoms with van der Waals surface area (Å²) >= 11 is 0. The molecule has 0 radical (unpaired) electrons. The van der Waals surface area contributed by atoms with Crippen LogP contribution in [0.5, 0.6) is 0 Å². The van der Waals surface area contributed by atoms with Gasteiger partial charge in [0, 0.05) is 18.0 Å². The molecule has 1 nitrogen and oxygen atoms in total. The smallest absolute Gasteiger partial charge is 0.129 e. The van der Waals surface area contributed by atoms with E-state index in [-0.39, 0.29) is 5.56 Å². The van der Waals surface area contributed by atoms with E-state index >= 15 is 0 Å². The average molecular weight is 205 g/mol. The zero-order valence-electron chi connectivity index (χ0n) is 8.17. The van der Waals surface area contributed by atoms with Crippen molar-refractivity contribution in [1.82, 2.24) is 4.98 Å². The minimum atomic E-state index is -0.526. The lowest BCUT2D eigenvalue weighted by molar-refractivity contribution is 0.569. The SMILES string of the molecule is Cc1c(F)cc(-c2ccncc2)cc1F. The lowest BCUT2D eigenvalue weighted by atomic mass is 10.0. The number of rotatable bonds is 1. The van der Waals surface area contributed by atoms with Crippen LogP contribution in [0, 0.1) is 18.6 Å². The Hall–Kier alpha value is -1.77. The van der Waals surface area contributed by atoms with Crippen LogP contribution in [0.2, 0.25) is 0 Å². The topological polar surface area (TPSA) is 12.9 Å². The molecule has 0 atom stereocenters. The van der Waals surface area contributed by atoms with Crippen LogP contribution in [-0.4, -0.2) is 4.98 Å². The van der Waals surface area contributed by atoms with E-state index < -0.39 is 11.6 Å². The van der Waals surface area contributed by atoms with Crippen LogP contribution in [0.4, 0.5) is 8.78 Å². The number of hydrogen-bond donors (Lipinski definition) is 0. The summed E-state index contributed by atoms with van der Waals surface area (Å²) in [4.78, 5) is 3.85. The number of nitrogens with zero attached hydrogens (tertiary/aromatic N) is 1. The van der Waals surface area contributed by atoms with Crippen molar-refractivity contribution >= 4 is 0 Å². The van der Waals surface area contributed by atoms with Gasteiger partial charge in [0.2, 0.25) is 0 Å². The molecule has 0 fully saturated rings. The fourth-order valence-electron chi connectivity index (χ4n) is 1.36. The van der Waals surface area contributed by atoms with Crippen LogP contribution >= 0.6 is 0 Å². The van der Waals surface area contributed by atoms with Crippen molar-refractivity contribution in [3.05, 3.63) is 53.9 Å². The lowest BCUT2D eigenvalue weighted by Gasteiger charge is -2.04. The van der Waals surface area contributed by atoms with Crippen molar-refractivity contribution in [2.24, 2.45) is 0 Å². The molecule has 1 aromatic heterocycles. The summed E-state index contributed by atoms with van der Waals surface area (Å²) in [5, 5.41) is 0. The van der Waals surface area contributed by atoms with E-state index in [2.05, 4.69) is 4.98 Å². The van der Waals surface area contributed by atoms with E-state index in [1.54, 1.807) is 24.5 Å². The molecule has 0 N–H and O–H groups in total. The largest absolute Gasteiger partial charge is 0.265 e. The minimum Gasteiger partial charge on any atom is -0.265 e. The summed E-state index contributed by atoms with van der Waals surface area (Å²) in [6.07, 6.45) is 3.18. The summed E-state index contributed by atoms with van der Waals surface area (Å²) < 4.78 is 26.5. The van der Waals surface area contributed by atoms with Crippen LogP contribution in [0.1, 0.15) is 5.56 Å². The van der Waals surface area contributed by atoms with Crippen molar-refractivity contribution in [3.8, 4) is 11.1 Å². The number of hydrogen-bond acceptors (Lipinski definition) is 1. The number of aromatic nitrogens is 1. The molecule has 0 aliphatic heterocycles. The van der Waals surface area contributed by atoms with Gasteiger partial charge in [0.25, 0.3) is 0 Å². The Balaban J connectivity index is 2.56. The van der Waals surface area contributed by atoms with Gasteiger partial charge in [0.15, 0.2) is 0 Å². The normalized spacial score (nSPS) is 10.3. The van der Waals surface area contributed by atoms with Crippen LogP contribution in [0.25, 0.3) is 11.1 Å². The highest BCUT2D eigenvalue weighted by molar-refractivity contribution is 5.63. The second kappa shape index (κ2) is 3.77. The first-order chi connectivity index (χ1) is 7.18. The van der Waals surface area contributed by atoms with E-state index in [9.17, 15) is 8.78 Å². The van der Waals surface area contributed by atoms with Crippen molar-refractivity contribution in [3.63, 3.8) is 0 Å². The predicted molar refractivity (Wildman–Crippen MR) is 54.3 cm³/mol. The third-order valence-electron chi connectivity index (χ3n) is 2.29. The molecule has 0 amide bonds. The summed E-state index contributed by atoms with van der Waals surface area (Å²) in [5.41, 5.74) is 1.33. The molecule has 76 valence electrons. The maximum atomic E-state index is 13.3. The Morgan fingerprint density at radius 2 is 1.47 bits per heavy atom. The summed E-state index contributed by atoms with van der Waals surface area (Å²) in [5.74, 6) is -1.05. The first-order valence-corrected chi connectivity index (χ1v) is 4.54. The Kier molecular flexibility index (Phi) is 2.46.